The molecule has 5 nitrogen and oxygen atoms in total. The van der Waals surface area contributed by atoms with Gasteiger partial charge in [-0.15, -0.1) is 0 Å². The Labute approximate surface area is 99.9 Å². The normalized spacial score (nSPS) is 12.4. The summed E-state index contributed by atoms with van der Waals surface area (Å²) in [5.41, 5.74) is 0.875. The highest BCUT2D eigenvalue weighted by Crippen LogP contribution is 2.21. The maximum atomic E-state index is 9.29. The van der Waals surface area contributed by atoms with Gasteiger partial charge in [0.25, 0.3) is 0 Å². The molecular weight excluding hydrogens is 216 g/mol. The van der Waals surface area contributed by atoms with Crippen molar-refractivity contribution in [2.45, 2.75) is 13.0 Å². The molecule has 17 heavy (non-hydrogen) atoms. The van der Waals surface area contributed by atoms with Crippen LogP contribution in [-0.4, -0.2) is 34.8 Å². The van der Waals surface area contributed by atoms with Crippen molar-refractivity contribution in [2.75, 3.05) is 24.2 Å². The number of aliphatic hydroxyl groups excluding tert-OH is 1. The van der Waals surface area contributed by atoms with Crippen LogP contribution in [0, 0.1) is 0 Å². The molecule has 2 rings (SSSR count). The zero-order valence-corrected chi connectivity index (χ0v) is 9.94. The van der Waals surface area contributed by atoms with Gasteiger partial charge in [-0.1, -0.05) is 12.1 Å². The molecule has 1 aromatic heterocycles. The third-order valence-corrected chi connectivity index (χ3v) is 2.39. The second kappa shape index (κ2) is 4.97. The van der Waals surface area contributed by atoms with Crippen LogP contribution in [0.5, 0.6) is 0 Å². The third kappa shape index (κ3) is 2.62. The Morgan fingerprint density at radius 2 is 2.06 bits per heavy atom. The van der Waals surface area contributed by atoms with E-state index in [0.29, 0.717) is 12.5 Å². The van der Waals surface area contributed by atoms with Crippen LogP contribution in [0.2, 0.25) is 0 Å². The zero-order valence-electron chi connectivity index (χ0n) is 9.94. The Morgan fingerprint density at radius 1 is 1.29 bits per heavy atom. The number of anilines is 2. The van der Waals surface area contributed by atoms with Crippen LogP contribution in [0.3, 0.4) is 0 Å². The Bertz CT molecular complexity index is 513. The first-order valence-electron chi connectivity index (χ1n) is 5.57. The molecule has 0 saturated heterocycles. The van der Waals surface area contributed by atoms with Gasteiger partial charge in [0.05, 0.1) is 11.6 Å². The molecule has 1 unspecified atom stereocenters. The second-order valence-electron chi connectivity index (χ2n) is 3.89. The standard InChI is InChI=1S/C12H16N4O/c1-8(17)7-14-11-9-5-3-4-6-10(9)15-12(13-2)16-11/h3-6,8,17H,7H2,1-2H3,(H2,13,14,15,16). The fraction of sp³-hybridized carbons (Fsp3) is 0.333. The van der Waals surface area contributed by atoms with E-state index in [0.717, 1.165) is 16.7 Å². The molecule has 0 aliphatic heterocycles. The van der Waals surface area contributed by atoms with Crippen LogP contribution in [0.15, 0.2) is 24.3 Å². The predicted molar refractivity (Wildman–Crippen MR) is 69.3 cm³/mol. The summed E-state index contributed by atoms with van der Waals surface area (Å²) >= 11 is 0. The molecule has 1 atom stereocenters. The summed E-state index contributed by atoms with van der Waals surface area (Å²) in [5.74, 6) is 1.30. The summed E-state index contributed by atoms with van der Waals surface area (Å²) in [5, 5.41) is 16.3. The fourth-order valence-electron chi connectivity index (χ4n) is 1.57. The summed E-state index contributed by atoms with van der Waals surface area (Å²) in [7, 11) is 1.78. The number of fused-ring (bicyclic) bond motifs is 1. The highest BCUT2D eigenvalue weighted by Gasteiger charge is 2.06. The monoisotopic (exact) mass is 232 g/mol. The van der Waals surface area contributed by atoms with Gasteiger partial charge in [0.1, 0.15) is 5.82 Å². The van der Waals surface area contributed by atoms with E-state index in [2.05, 4.69) is 20.6 Å². The van der Waals surface area contributed by atoms with Crippen molar-refractivity contribution in [2.24, 2.45) is 0 Å². The number of aliphatic hydroxyl groups is 1. The van der Waals surface area contributed by atoms with E-state index in [9.17, 15) is 5.11 Å². The summed E-state index contributed by atoms with van der Waals surface area (Å²) in [4.78, 5) is 8.70. The average molecular weight is 232 g/mol. The Hall–Kier alpha value is -1.88. The van der Waals surface area contributed by atoms with Gasteiger partial charge in [-0.25, -0.2) is 4.98 Å². The molecule has 0 amide bonds. The lowest BCUT2D eigenvalue weighted by molar-refractivity contribution is 0.208. The van der Waals surface area contributed by atoms with Crippen LogP contribution in [0.4, 0.5) is 11.8 Å². The van der Waals surface area contributed by atoms with Gasteiger partial charge in [0.2, 0.25) is 5.95 Å². The molecule has 0 radical (unpaired) electrons. The quantitative estimate of drug-likeness (QED) is 0.744. The van der Waals surface area contributed by atoms with Gasteiger partial charge >= 0.3 is 0 Å². The van der Waals surface area contributed by atoms with Crippen molar-refractivity contribution in [3.05, 3.63) is 24.3 Å². The maximum absolute atomic E-state index is 9.29. The van der Waals surface area contributed by atoms with Gasteiger partial charge < -0.3 is 15.7 Å². The topological polar surface area (TPSA) is 70.1 Å². The Morgan fingerprint density at radius 3 is 2.76 bits per heavy atom. The van der Waals surface area contributed by atoms with E-state index in [4.69, 9.17) is 0 Å². The lowest BCUT2D eigenvalue weighted by Gasteiger charge is -2.11. The van der Waals surface area contributed by atoms with Crippen LogP contribution >= 0.6 is 0 Å². The Kier molecular flexibility index (Phi) is 3.39. The highest BCUT2D eigenvalue weighted by atomic mass is 16.3. The third-order valence-electron chi connectivity index (χ3n) is 2.39. The lowest BCUT2D eigenvalue weighted by Crippen LogP contribution is -2.16. The van der Waals surface area contributed by atoms with Crippen LogP contribution in [0.25, 0.3) is 10.9 Å². The molecule has 3 N–H and O–H groups in total. The summed E-state index contributed by atoms with van der Waals surface area (Å²) in [6.45, 7) is 2.19. The lowest BCUT2D eigenvalue weighted by atomic mass is 10.2. The van der Waals surface area contributed by atoms with Gasteiger partial charge in [0.15, 0.2) is 0 Å². The molecule has 0 spiro atoms. The van der Waals surface area contributed by atoms with Crippen LogP contribution in [0.1, 0.15) is 6.92 Å². The molecule has 90 valence electrons. The fourth-order valence-corrected chi connectivity index (χ4v) is 1.57. The summed E-state index contributed by atoms with van der Waals surface area (Å²) in [6.07, 6.45) is -0.415. The smallest absolute Gasteiger partial charge is 0.224 e. The van der Waals surface area contributed by atoms with Crippen molar-refractivity contribution in [1.82, 2.24) is 9.97 Å². The van der Waals surface area contributed by atoms with Crippen LogP contribution in [-0.2, 0) is 0 Å². The molecule has 5 heteroatoms. The number of hydrogen-bond acceptors (Lipinski definition) is 5. The van der Waals surface area contributed by atoms with E-state index in [1.54, 1.807) is 14.0 Å². The molecule has 1 aromatic carbocycles. The molecule has 0 saturated carbocycles. The molecule has 0 aliphatic carbocycles. The number of benzene rings is 1. The van der Waals surface area contributed by atoms with Gasteiger partial charge in [-0.2, -0.15) is 4.98 Å². The van der Waals surface area contributed by atoms with E-state index in [1.165, 1.54) is 0 Å². The maximum Gasteiger partial charge on any atom is 0.224 e. The number of nitrogens with one attached hydrogen (secondary N) is 2. The van der Waals surface area contributed by atoms with Gasteiger partial charge in [0, 0.05) is 19.0 Å². The van der Waals surface area contributed by atoms with Crippen LogP contribution < -0.4 is 10.6 Å². The first kappa shape index (κ1) is 11.6. The van der Waals surface area contributed by atoms with Gasteiger partial charge in [-0.05, 0) is 19.1 Å². The van der Waals surface area contributed by atoms with Crippen molar-refractivity contribution in [1.29, 1.82) is 0 Å². The molecule has 0 aliphatic rings. The molecular formula is C12H16N4O. The van der Waals surface area contributed by atoms with Crippen molar-refractivity contribution < 1.29 is 5.11 Å². The second-order valence-corrected chi connectivity index (χ2v) is 3.89. The van der Waals surface area contributed by atoms with E-state index in [1.807, 2.05) is 24.3 Å². The van der Waals surface area contributed by atoms with E-state index >= 15 is 0 Å². The SMILES string of the molecule is CNc1nc(NCC(C)O)c2ccccc2n1. The first-order chi connectivity index (χ1) is 8.20. The minimum Gasteiger partial charge on any atom is -0.392 e. The van der Waals surface area contributed by atoms with Crippen molar-refractivity contribution in [3.8, 4) is 0 Å². The van der Waals surface area contributed by atoms with E-state index in [-0.39, 0.29) is 0 Å². The summed E-state index contributed by atoms with van der Waals surface area (Å²) < 4.78 is 0. The Balaban J connectivity index is 2.43. The predicted octanol–water partition coefficient (Wildman–Crippen LogP) is 1.46. The number of para-hydroxylation sites is 1. The largest absolute Gasteiger partial charge is 0.392 e. The molecule has 0 bridgehead atoms. The number of aromatic nitrogens is 2. The first-order valence-corrected chi connectivity index (χ1v) is 5.57. The number of nitrogens with zero attached hydrogens (tertiary/aromatic N) is 2. The summed E-state index contributed by atoms with van der Waals surface area (Å²) in [6, 6.07) is 7.77. The van der Waals surface area contributed by atoms with Crippen molar-refractivity contribution in [3.63, 3.8) is 0 Å². The number of rotatable bonds is 4. The van der Waals surface area contributed by atoms with Gasteiger partial charge in [-0.3, -0.25) is 0 Å². The van der Waals surface area contributed by atoms with Crippen molar-refractivity contribution >= 4 is 22.7 Å². The minimum atomic E-state index is -0.415. The highest BCUT2D eigenvalue weighted by molar-refractivity contribution is 5.89. The average Bonchev–Trinajstić information content (AvgIpc) is 2.35. The minimum absolute atomic E-state index is 0.415. The number of hydrogen-bond donors (Lipinski definition) is 3. The zero-order chi connectivity index (χ0) is 12.3. The van der Waals surface area contributed by atoms with E-state index < -0.39 is 6.10 Å². The molecule has 2 aromatic rings. The molecule has 1 heterocycles. The molecule has 0 fully saturated rings.